The molecule has 0 bridgehead atoms. The van der Waals surface area contributed by atoms with Gasteiger partial charge in [0.2, 0.25) is 0 Å². The zero-order valence-corrected chi connectivity index (χ0v) is 18.7. The Morgan fingerprint density at radius 1 is 1.17 bits per heavy atom. The predicted molar refractivity (Wildman–Crippen MR) is 116 cm³/mol. The predicted octanol–water partition coefficient (Wildman–Crippen LogP) is 5.40. The number of pyridine rings is 1. The maximum Gasteiger partial charge on any atom is 0.363 e. The second-order valence-corrected chi connectivity index (χ2v) is 8.43. The Balaban J connectivity index is 2.62. The average molecular weight is 420 g/mol. The van der Waals surface area contributed by atoms with Gasteiger partial charge in [0.25, 0.3) is 0 Å². The van der Waals surface area contributed by atoms with E-state index in [1.165, 1.54) is 7.11 Å². The highest BCUT2D eigenvalue weighted by Crippen LogP contribution is 2.61. The summed E-state index contributed by atoms with van der Waals surface area (Å²) in [6.45, 7) is 9.50. The van der Waals surface area contributed by atoms with Crippen LogP contribution in [0.2, 0.25) is 0 Å². The van der Waals surface area contributed by atoms with Gasteiger partial charge < -0.3 is 24.2 Å². The maximum absolute atomic E-state index is 13.6. The molecule has 0 fully saturated rings. The highest BCUT2D eigenvalue weighted by molar-refractivity contribution is 7.65. The normalized spacial score (nSPS) is 12.1. The van der Waals surface area contributed by atoms with Gasteiger partial charge in [0.05, 0.1) is 37.0 Å². The van der Waals surface area contributed by atoms with Gasteiger partial charge in [-0.2, -0.15) is 0 Å². The number of aromatic hydroxyl groups is 1. The minimum absolute atomic E-state index is 0.0322. The van der Waals surface area contributed by atoms with Crippen LogP contribution in [0.5, 0.6) is 11.5 Å². The van der Waals surface area contributed by atoms with E-state index in [9.17, 15) is 9.67 Å². The SMILES string of the molecule is CCOP(=O)(OCC)/C(=C/Nc1ccc(C)nc1C)c1cc(C)c(O)c(OC)c1. The number of benzene rings is 1. The summed E-state index contributed by atoms with van der Waals surface area (Å²) in [4.78, 5) is 4.44. The molecule has 1 aromatic carbocycles. The number of ether oxygens (including phenoxy) is 1. The number of anilines is 1. The molecule has 1 aromatic heterocycles. The van der Waals surface area contributed by atoms with Crippen LogP contribution >= 0.6 is 7.60 Å². The van der Waals surface area contributed by atoms with E-state index >= 15 is 0 Å². The topological polar surface area (TPSA) is 89.9 Å². The number of aryl methyl sites for hydroxylation is 3. The number of phenols is 1. The molecule has 0 unspecified atom stereocenters. The van der Waals surface area contributed by atoms with E-state index in [1.807, 2.05) is 26.0 Å². The third kappa shape index (κ3) is 5.38. The molecule has 2 rings (SSSR count). The summed E-state index contributed by atoms with van der Waals surface area (Å²) >= 11 is 0. The Kier molecular flexibility index (Phi) is 7.85. The molecule has 0 aliphatic carbocycles. The molecule has 0 saturated heterocycles. The van der Waals surface area contributed by atoms with Crippen LogP contribution in [0.4, 0.5) is 5.69 Å². The van der Waals surface area contributed by atoms with Crippen LogP contribution in [0, 0.1) is 20.8 Å². The molecule has 1 heterocycles. The Morgan fingerprint density at radius 3 is 2.38 bits per heavy atom. The lowest BCUT2D eigenvalue weighted by molar-refractivity contribution is 0.230. The van der Waals surface area contributed by atoms with Gasteiger partial charge in [0, 0.05) is 11.9 Å². The van der Waals surface area contributed by atoms with Crippen LogP contribution in [-0.2, 0) is 13.6 Å². The second kappa shape index (κ2) is 9.92. The van der Waals surface area contributed by atoms with Gasteiger partial charge in [-0.15, -0.1) is 0 Å². The number of nitrogens with zero attached hydrogens (tertiary/aromatic N) is 1. The van der Waals surface area contributed by atoms with Crippen molar-refractivity contribution in [3.05, 3.63) is 53.0 Å². The van der Waals surface area contributed by atoms with Crippen molar-refractivity contribution in [2.24, 2.45) is 0 Å². The first-order valence-corrected chi connectivity index (χ1v) is 11.0. The van der Waals surface area contributed by atoms with Gasteiger partial charge in [-0.3, -0.25) is 9.55 Å². The van der Waals surface area contributed by atoms with Gasteiger partial charge in [-0.1, -0.05) is 0 Å². The Hall–Kier alpha value is -2.34. The number of nitrogens with one attached hydrogen (secondary N) is 1. The van der Waals surface area contributed by atoms with Crippen LogP contribution in [0.3, 0.4) is 0 Å². The average Bonchev–Trinajstić information content (AvgIpc) is 2.66. The van der Waals surface area contributed by atoms with E-state index in [-0.39, 0.29) is 24.7 Å². The number of aromatic nitrogens is 1. The molecule has 0 radical (unpaired) electrons. The van der Waals surface area contributed by atoms with E-state index in [4.69, 9.17) is 13.8 Å². The minimum atomic E-state index is -3.64. The fourth-order valence-corrected chi connectivity index (χ4v) is 4.57. The van der Waals surface area contributed by atoms with Gasteiger partial charge in [-0.05, 0) is 70.0 Å². The van der Waals surface area contributed by atoms with Crippen LogP contribution < -0.4 is 10.1 Å². The first kappa shape index (κ1) is 22.9. The summed E-state index contributed by atoms with van der Waals surface area (Å²) in [6.07, 6.45) is 1.61. The summed E-state index contributed by atoms with van der Waals surface area (Å²) in [6, 6.07) is 7.12. The van der Waals surface area contributed by atoms with Crippen molar-refractivity contribution < 1.29 is 23.5 Å². The third-order valence-electron chi connectivity index (χ3n) is 4.26. The van der Waals surface area contributed by atoms with Crippen LogP contribution in [0.25, 0.3) is 5.31 Å². The molecule has 0 aliphatic rings. The molecule has 2 N–H and O–H groups in total. The molecule has 7 nitrogen and oxygen atoms in total. The Labute approximate surface area is 172 Å². The molecular formula is C21H29N2O5P. The molecule has 0 saturated carbocycles. The molecule has 0 spiro atoms. The van der Waals surface area contributed by atoms with Crippen LogP contribution in [-0.4, -0.2) is 30.4 Å². The van der Waals surface area contributed by atoms with Gasteiger partial charge in [0.15, 0.2) is 11.5 Å². The summed E-state index contributed by atoms with van der Waals surface area (Å²) in [5.41, 5.74) is 3.63. The zero-order valence-electron chi connectivity index (χ0n) is 17.8. The molecule has 2 aromatic rings. The van der Waals surface area contributed by atoms with Crippen molar-refractivity contribution >= 4 is 18.6 Å². The quantitative estimate of drug-likeness (QED) is 0.525. The van der Waals surface area contributed by atoms with Gasteiger partial charge in [-0.25, -0.2) is 0 Å². The van der Waals surface area contributed by atoms with E-state index in [2.05, 4.69) is 10.3 Å². The Morgan fingerprint density at radius 2 is 1.83 bits per heavy atom. The molecular weight excluding hydrogens is 391 g/mol. The zero-order chi connectivity index (χ0) is 21.6. The lowest BCUT2D eigenvalue weighted by atomic mass is 10.1. The Bertz CT molecular complexity index is 933. The third-order valence-corrected chi connectivity index (χ3v) is 6.44. The first-order chi connectivity index (χ1) is 13.8. The maximum atomic E-state index is 13.6. The largest absolute Gasteiger partial charge is 0.504 e. The smallest absolute Gasteiger partial charge is 0.363 e. The second-order valence-electron chi connectivity index (χ2n) is 6.44. The summed E-state index contributed by atoms with van der Waals surface area (Å²) in [7, 11) is -2.17. The highest BCUT2D eigenvalue weighted by Gasteiger charge is 2.32. The van der Waals surface area contributed by atoms with Gasteiger partial charge in [0.1, 0.15) is 0 Å². The molecule has 0 aliphatic heterocycles. The van der Waals surface area contributed by atoms with Crippen molar-refractivity contribution in [3.8, 4) is 11.5 Å². The van der Waals surface area contributed by atoms with Crippen molar-refractivity contribution in [2.75, 3.05) is 25.6 Å². The molecule has 0 amide bonds. The van der Waals surface area contributed by atoms with Crippen LogP contribution in [0.1, 0.15) is 36.4 Å². The van der Waals surface area contributed by atoms with Gasteiger partial charge >= 0.3 is 7.60 Å². The summed E-state index contributed by atoms with van der Waals surface area (Å²) in [5, 5.41) is 13.7. The van der Waals surface area contributed by atoms with E-state index in [0.717, 1.165) is 17.1 Å². The summed E-state index contributed by atoms with van der Waals surface area (Å²) in [5.74, 6) is 0.309. The number of rotatable bonds is 9. The van der Waals surface area contributed by atoms with Crippen molar-refractivity contribution in [2.45, 2.75) is 34.6 Å². The van der Waals surface area contributed by atoms with Crippen molar-refractivity contribution in [3.63, 3.8) is 0 Å². The van der Waals surface area contributed by atoms with E-state index in [0.29, 0.717) is 16.4 Å². The molecule has 158 valence electrons. The standard InChI is InChI=1S/C21H29N2O5P/c1-7-27-29(25,28-8-2)20(13-22-18-10-9-15(4)23-16(18)5)17-11-14(3)21(24)19(12-17)26-6/h9-13,22,24H,7-8H2,1-6H3/b20-13+. The van der Waals surface area contributed by atoms with Crippen molar-refractivity contribution in [1.29, 1.82) is 0 Å². The molecule has 29 heavy (non-hydrogen) atoms. The number of hydrogen-bond donors (Lipinski definition) is 2. The van der Waals surface area contributed by atoms with Crippen molar-refractivity contribution in [1.82, 2.24) is 4.98 Å². The summed E-state index contributed by atoms with van der Waals surface area (Å²) < 4.78 is 30.0. The fraction of sp³-hybridized carbons (Fsp3) is 0.381. The number of methoxy groups -OCH3 is 1. The lowest BCUT2D eigenvalue weighted by Gasteiger charge is -2.22. The molecule has 0 atom stereocenters. The van der Waals surface area contributed by atoms with E-state index in [1.54, 1.807) is 39.1 Å². The van der Waals surface area contributed by atoms with E-state index < -0.39 is 7.60 Å². The number of phenolic OH excluding ortho intramolecular Hbond substituents is 1. The highest BCUT2D eigenvalue weighted by atomic mass is 31.2. The minimum Gasteiger partial charge on any atom is -0.504 e. The molecule has 8 heteroatoms. The number of hydrogen-bond acceptors (Lipinski definition) is 7. The lowest BCUT2D eigenvalue weighted by Crippen LogP contribution is -2.03. The fourth-order valence-electron chi connectivity index (χ4n) is 2.87. The van der Waals surface area contributed by atoms with Crippen LogP contribution in [0.15, 0.2) is 30.5 Å². The monoisotopic (exact) mass is 420 g/mol. The first-order valence-electron chi connectivity index (χ1n) is 9.44.